The van der Waals surface area contributed by atoms with Crippen LogP contribution in [0, 0.1) is 11.3 Å². The van der Waals surface area contributed by atoms with Crippen LogP contribution in [0.25, 0.3) is 16.6 Å². The summed E-state index contributed by atoms with van der Waals surface area (Å²) in [5.41, 5.74) is 0.808. The van der Waals surface area contributed by atoms with E-state index in [4.69, 9.17) is 4.74 Å². The van der Waals surface area contributed by atoms with Crippen molar-refractivity contribution in [3.05, 3.63) is 96.3 Å². The minimum atomic E-state index is -0.523. The highest BCUT2D eigenvalue weighted by Gasteiger charge is 2.20. The van der Waals surface area contributed by atoms with Crippen LogP contribution >= 0.6 is 0 Å². The molecule has 186 valence electrons. The first-order chi connectivity index (χ1) is 18.6. The number of nitriles is 1. The number of benzene rings is 3. The number of aromatic nitrogens is 3. The van der Waals surface area contributed by atoms with Crippen LogP contribution in [0.15, 0.2) is 95.4 Å². The zero-order valence-electron chi connectivity index (χ0n) is 20.2. The van der Waals surface area contributed by atoms with E-state index in [9.17, 15) is 15.2 Å². The van der Waals surface area contributed by atoms with Gasteiger partial charge in [-0.3, -0.25) is 4.79 Å². The standard InChI is InChI=1S/C28H21N7O3/c1-2-38-21-12-10-20(11-13-21)32-28(37)23-15-18-7-3-4-8-22(18)25(26(23)36)33-34-27-19(16-29)17-31-35(27)24-9-5-6-14-30-24/h3-15,17,36H,2H2,1H3,(H,32,37)/b34-33+. The molecule has 10 heteroatoms. The number of phenols is 1. The van der Waals surface area contributed by atoms with Gasteiger partial charge in [-0.25, -0.2) is 4.98 Å². The third-order valence-corrected chi connectivity index (χ3v) is 5.64. The molecule has 0 aliphatic heterocycles. The molecule has 2 aromatic heterocycles. The predicted molar refractivity (Wildman–Crippen MR) is 141 cm³/mol. The molecule has 2 N–H and O–H groups in total. The van der Waals surface area contributed by atoms with Gasteiger partial charge in [0.1, 0.15) is 23.1 Å². The molecule has 0 bridgehead atoms. The maximum Gasteiger partial charge on any atom is 0.259 e. The van der Waals surface area contributed by atoms with E-state index in [0.717, 1.165) is 0 Å². The number of phenolic OH excluding ortho intramolecular Hbond substituents is 1. The molecule has 1 amide bonds. The van der Waals surface area contributed by atoms with Gasteiger partial charge < -0.3 is 15.2 Å². The van der Waals surface area contributed by atoms with Crippen molar-refractivity contribution >= 4 is 33.9 Å². The number of azo groups is 1. The summed E-state index contributed by atoms with van der Waals surface area (Å²) in [5.74, 6) is 0.395. The first kappa shape index (κ1) is 24.1. The molecule has 0 spiro atoms. The van der Waals surface area contributed by atoms with E-state index in [1.807, 2.05) is 19.1 Å². The van der Waals surface area contributed by atoms with Gasteiger partial charge in [0, 0.05) is 17.3 Å². The first-order valence-electron chi connectivity index (χ1n) is 11.7. The summed E-state index contributed by atoms with van der Waals surface area (Å²) >= 11 is 0. The van der Waals surface area contributed by atoms with Gasteiger partial charge in [-0.1, -0.05) is 30.3 Å². The SMILES string of the molecule is CCOc1ccc(NC(=O)c2cc3ccccc3c(/N=N/c3c(C#N)cnn3-c3ccccn3)c2O)cc1. The summed E-state index contributed by atoms with van der Waals surface area (Å²) < 4.78 is 6.82. The van der Waals surface area contributed by atoms with Crippen molar-refractivity contribution < 1.29 is 14.6 Å². The number of amides is 1. The Morgan fingerprint density at radius 1 is 1.11 bits per heavy atom. The molecule has 0 saturated carbocycles. The van der Waals surface area contributed by atoms with Gasteiger partial charge in [-0.15, -0.1) is 10.2 Å². The van der Waals surface area contributed by atoms with Crippen molar-refractivity contribution in [3.63, 3.8) is 0 Å². The highest BCUT2D eigenvalue weighted by molar-refractivity contribution is 6.11. The van der Waals surface area contributed by atoms with Crippen LogP contribution in [-0.2, 0) is 0 Å². The predicted octanol–water partition coefficient (Wildman–Crippen LogP) is 6.06. The maximum absolute atomic E-state index is 13.2. The molecule has 0 aliphatic carbocycles. The van der Waals surface area contributed by atoms with E-state index in [2.05, 4.69) is 25.6 Å². The van der Waals surface area contributed by atoms with Crippen LogP contribution in [-0.4, -0.2) is 32.4 Å². The number of pyridine rings is 1. The third kappa shape index (κ3) is 4.76. The molecule has 5 rings (SSSR count). The number of carbonyl (C=O) groups is 1. The quantitative estimate of drug-likeness (QED) is 0.259. The van der Waals surface area contributed by atoms with E-state index in [1.165, 1.54) is 10.9 Å². The average Bonchev–Trinajstić information content (AvgIpc) is 3.37. The summed E-state index contributed by atoms with van der Waals surface area (Å²) in [4.78, 5) is 17.4. The number of aromatic hydroxyl groups is 1. The number of ether oxygens (including phenoxy) is 1. The summed E-state index contributed by atoms with van der Waals surface area (Å²) in [7, 11) is 0. The monoisotopic (exact) mass is 503 g/mol. The minimum Gasteiger partial charge on any atom is -0.505 e. The summed E-state index contributed by atoms with van der Waals surface area (Å²) in [5, 5.41) is 37.5. The minimum absolute atomic E-state index is 0.0188. The molecule has 10 nitrogen and oxygen atoms in total. The van der Waals surface area contributed by atoms with Gasteiger partial charge in [0.25, 0.3) is 5.91 Å². The second-order valence-electron chi connectivity index (χ2n) is 8.05. The van der Waals surface area contributed by atoms with Gasteiger partial charge in [-0.05, 0) is 54.8 Å². The van der Waals surface area contributed by atoms with Gasteiger partial charge >= 0.3 is 0 Å². The number of fused-ring (bicyclic) bond motifs is 1. The number of hydrogen-bond acceptors (Lipinski definition) is 8. The van der Waals surface area contributed by atoms with Crippen molar-refractivity contribution in [2.75, 3.05) is 11.9 Å². The normalized spacial score (nSPS) is 10.9. The molecular formula is C28H21N7O3. The van der Waals surface area contributed by atoms with Crippen molar-refractivity contribution in [3.8, 4) is 23.4 Å². The Morgan fingerprint density at radius 2 is 1.89 bits per heavy atom. The molecule has 2 heterocycles. The van der Waals surface area contributed by atoms with Crippen molar-refractivity contribution in [1.29, 1.82) is 5.26 Å². The number of nitrogens with one attached hydrogen (secondary N) is 1. The van der Waals surface area contributed by atoms with Gasteiger partial charge in [-0.2, -0.15) is 15.0 Å². The van der Waals surface area contributed by atoms with Crippen molar-refractivity contribution in [2.24, 2.45) is 10.2 Å². The Bertz CT molecular complexity index is 1690. The lowest BCUT2D eigenvalue weighted by Gasteiger charge is -2.12. The third-order valence-electron chi connectivity index (χ3n) is 5.64. The number of anilines is 1. The fraction of sp³-hybridized carbons (Fsp3) is 0.0714. The molecule has 3 aromatic carbocycles. The second-order valence-corrected chi connectivity index (χ2v) is 8.05. The average molecular weight is 504 g/mol. The summed E-state index contributed by atoms with van der Waals surface area (Å²) in [6.45, 7) is 2.42. The van der Waals surface area contributed by atoms with Gasteiger partial charge in [0.2, 0.25) is 0 Å². The molecule has 38 heavy (non-hydrogen) atoms. The Hall–Kier alpha value is -5.56. The zero-order valence-corrected chi connectivity index (χ0v) is 20.2. The second kappa shape index (κ2) is 10.6. The molecule has 5 aromatic rings. The number of carbonyl (C=O) groups excluding carboxylic acids is 1. The van der Waals surface area contributed by atoms with Crippen LogP contribution in [0.1, 0.15) is 22.8 Å². The Kier molecular flexibility index (Phi) is 6.73. The topological polar surface area (TPSA) is 138 Å². The Labute approximate surface area is 217 Å². The Balaban J connectivity index is 1.55. The molecule has 0 atom stereocenters. The van der Waals surface area contributed by atoms with E-state index in [0.29, 0.717) is 34.6 Å². The molecule has 0 aliphatic rings. The van der Waals surface area contributed by atoms with E-state index >= 15 is 0 Å². The van der Waals surface area contributed by atoms with Crippen LogP contribution in [0.3, 0.4) is 0 Å². The lowest BCUT2D eigenvalue weighted by molar-refractivity contribution is 0.102. The fourth-order valence-corrected chi connectivity index (χ4v) is 3.85. The lowest BCUT2D eigenvalue weighted by Crippen LogP contribution is -2.12. The number of rotatable bonds is 7. The van der Waals surface area contributed by atoms with Crippen LogP contribution in [0.5, 0.6) is 11.5 Å². The summed E-state index contributed by atoms with van der Waals surface area (Å²) in [6.07, 6.45) is 2.96. The molecule has 0 unspecified atom stereocenters. The molecule has 0 fully saturated rings. The maximum atomic E-state index is 13.2. The molecule has 0 saturated heterocycles. The number of hydrogen-bond donors (Lipinski definition) is 2. The highest BCUT2D eigenvalue weighted by atomic mass is 16.5. The fourth-order valence-electron chi connectivity index (χ4n) is 3.85. The Morgan fingerprint density at radius 3 is 2.63 bits per heavy atom. The van der Waals surface area contributed by atoms with Crippen LogP contribution in [0.2, 0.25) is 0 Å². The molecular weight excluding hydrogens is 482 g/mol. The zero-order chi connectivity index (χ0) is 26.5. The molecule has 0 radical (unpaired) electrons. The van der Waals surface area contributed by atoms with Crippen molar-refractivity contribution in [1.82, 2.24) is 14.8 Å². The van der Waals surface area contributed by atoms with Gasteiger partial charge in [0.05, 0.1) is 18.4 Å². The van der Waals surface area contributed by atoms with Crippen LogP contribution in [0.4, 0.5) is 17.2 Å². The summed E-state index contributed by atoms with van der Waals surface area (Å²) in [6, 6.07) is 23.0. The lowest BCUT2D eigenvalue weighted by atomic mass is 10.0. The smallest absolute Gasteiger partial charge is 0.259 e. The van der Waals surface area contributed by atoms with Gasteiger partial charge in [0.15, 0.2) is 17.4 Å². The van der Waals surface area contributed by atoms with Crippen LogP contribution < -0.4 is 10.1 Å². The van der Waals surface area contributed by atoms with E-state index in [-0.39, 0.29) is 28.4 Å². The van der Waals surface area contributed by atoms with E-state index < -0.39 is 5.91 Å². The largest absolute Gasteiger partial charge is 0.505 e. The van der Waals surface area contributed by atoms with Crippen molar-refractivity contribution in [2.45, 2.75) is 6.92 Å². The highest BCUT2D eigenvalue weighted by Crippen LogP contribution is 2.40. The number of nitrogens with zero attached hydrogens (tertiary/aromatic N) is 6. The first-order valence-corrected chi connectivity index (χ1v) is 11.7. The van der Waals surface area contributed by atoms with E-state index in [1.54, 1.807) is 72.9 Å².